The van der Waals surface area contributed by atoms with Crippen molar-refractivity contribution < 1.29 is 14.0 Å². The van der Waals surface area contributed by atoms with Gasteiger partial charge in [-0.2, -0.15) is 0 Å². The molecule has 0 aliphatic carbocycles. The Morgan fingerprint density at radius 2 is 1.79 bits per heavy atom. The predicted molar refractivity (Wildman–Crippen MR) is 111 cm³/mol. The number of hydrogen-bond acceptors (Lipinski definition) is 3. The molecule has 1 aromatic heterocycles. The van der Waals surface area contributed by atoms with Crippen LogP contribution in [0.3, 0.4) is 0 Å². The molecular formula is C23H22FN3O2. The molecule has 3 aromatic rings. The van der Waals surface area contributed by atoms with Crippen molar-refractivity contribution in [3.8, 4) is 0 Å². The second kappa shape index (κ2) is 9.10. The van der Waals surface area contributed by atoms with Gasteiger partial charge in [-0.25, -0.2) is 4.39 Å². The van der Waals surface area contributed by atoms with Gasteiger partial charge in [0.1, 0.15) is 11.5 Å². The van der Waals surface area contributed by atoms with Crippen LogP contribution in [0, 0.1) is 19.7 Å². The maximum atomic E-state index is 13.6. The van der Waals surface area contributed by atoms with Crippen molar-refractivity contribution in [3.05, 3.63) is 94.6 Å². The molecule has 148 valence electrons. The number of aromatic nitrogens is 1. The number of carbonyl (C=O) groups excluding carboxylic acids is 2. The molecule has 0 radical (unpaired) electrons. The number of carbonyl (C=O) groups is 2. The molecule has 0 spiro atoms. The number of halogens is 1. The number of amides is 2. The van der Waals surface area contributed by atoms with Crippen molar-refractivity contribution in [3.63, 3.8) is 0 Å². The lowest BCUT2D eigenvalue weighted by atomic mass is 10.1. The van der Waals surface area contributed by atoms with Crippen LogP contribution in [0.2, 0.25) is 0 Å². The summed E-state index contributed by atoms with van der Waals surface area (Å²) in [4.78, 5) is 29.0. The Kier molecular flexibility index (Phi) is 6.34. The first kappa shape index (κ1) is 20.2. The summed E-state index contributed by atoms with van der Waals surface area (Å²) in [6, 6.07) is 15.2. The summed E-state index contributed by atoms with van der Waals surface area (Å²) >= 11 is 0. The number of nitrogens with zero attached hydrogens (tertiary/aromatic N) is 1. The second-order valence-corrected chi connectivity index (χ2v) is 6.80. The zero-order valence-corrected chi connectivity index (χ0v) is 16.3. The average molecular weight is 391 g/mol. The van der Waals surface area contributed by atoms with Gasteiger partial charge >= 0.3 is 0 Å². The highest BCUT2D eigenvalue weighted by Crippen LogP contribution is 2.17. The fourth-order valence-corrected chi connectivity index (χ4v) is 2.86. The molecule has 0 aliphatic rings. The van der Waals surface area contributed by atoms with E-state index in [9.17, 15) is 14.0 Å². The van der Waals surface area contributed by atoms with E-state index in [-0.39, 0.29) is 24.0 Å². The molecule has 2 N–H and O–H groups in total. The topological polar surface area (TPSA) is 71.1 Å². The first-order valence-electron chi connectivity index (χ1n) is 9.30. The minimum absolute atomic E-state index is 0.132. The smallest absolute Gasteiger partial charge is 0.269 e. The van der Waals surface area contributed by atoms with Crippen LogP contribution in [-0.4, -0.2) is 23.3 Å². The largest absolute Gasteiger partial charge is 0.350 e. The van der Waals surface area contributed by atoms with Crippen molar-refractivity contribution in [1.82, 2.24) is 10.3 Å². The molecule has 1 heterocycles. The van der Waals surface area contributed by atoms with Crippen molar-refractivity contribution >= 4 is 17.5 Å². The highest BCUT2D eigenvalue weighted by molar-refractivity contribution is 6.06. The first-order chi connectivity index (χ1) is 13.9. The number of rotatable bonds is 6. The summed E-state index contributed by atoms with van der Waals surface area (Å²) in [6.07, 6.45) is 1.79. The summed E-state index contributed by atoms with van der Waals surface area (Å²) < 4.78 is 13.6. The summed E-state index contributed by atoms with van der Waals surface area (Å²) in [6.45, 7) is 4.13. The van der Waals surface area contributed by atoms with Crippen LogP contribution in [0.5, 0.6) is 0 Å². The monoisotopic (exact) mass is 391 g/mol. The van der Waals surface area contributed by atoms with Crippen LogP contribution in [-0.2, 0) is 6.42 Å². The minimum Gasteiger partial charge on any atom is -0.350 e. The van der Waals surface area contributed by atoms with Gasteiger partial charge in [0, 0.05) is 24.0 Å². The number of hydrogen-bond donors (Lipinski definition) is 2. The molecule has 2 amide bonds. The number of anilines is 1. The third-order valence-corrected chi connectivity index (χ3v) is 4.53. The third kappa shape index (κ3) is 5.25. The summed E-state index contributed by atoms with van der Waals surface area (Å²) in [5.74, 6) is -1.03. The normalized spacial score (nSPS) is 10.4. The number of pyridine rings is 1. The maximum absolute atomic E-state index is 13.6. The third-order valence-electron chi connectivity index (χ3n) is 4.53. The lowest BCUT2D eigenvalue weighted by molar-refractivity contribution is 0.0949. The van der Waals surface area contributed by atoms with E-state index in [2.05, 4.69) is 15.6 Å². The van der Waals surface area contributed by atoms with Crippen LogP contribution in [0.15, 0.2) is 60.8 Å². The van der Waals surface area contributed by atoms with Crippen LogP contribution in [0.1, 0.15) is 37.5 Å². The van der Waals surface area contributed by atoms with Gasteiger partial charge in [-0.3, -0.25) is 14.6 Å². The van der Waals surface area contributed by atoms with Crippen LogP contribution >= 0.6 is 0 Å². The van der Waals surface area contributed by atoms with Crippen LogP contribution in [0.25, 0.3) is 0 Å². The molecular weight excluding hydrogens is 369 g/mol. The molecule has 0 fully saturated rings. The van der Waals surface area contributed by atoms with Gasteiger partial charge in [-0.1, -0.05) is 30.3 Å². The molecule has 0 unspecified atom stereocenters. The van der Waals surface area contributed by atoms with E-state index in [0.29, 0.717) is 17.5 Å². The summed E-state index contributed by atoms with van der Waals surface area (Å²) in [5, 5.41) is 5.57. The maximum Gasteiger partial charge on any atom is 0.269 e. The van der Waals surface area contributed by atoms with E-state index in [1.54, 1.807) is 24.3 Å². The summed E-state index contributed by atoms with van der Waals surface area (Å²) in [7, 11) is 0. The molecule has 0 saturated heterocycles. The average Bonchev–Trinajstić information content (AvgIpc) is 2.72. The molecule has 0 bridgehead atoms. The second-order valence-electron chi connectivity index (χ2n) is 6.80. The van der Waals surface area contributed by atoms with E-state index in [1.807, 2.05) is 32.0 Å². The minimum atomic E-state index is -0.414. The molecule has 6 heteroatoms. The van der Waals surface area contributed by atoms with Gasteiger partial charge in [-0.15, -0.1) is 0 Å². The van der Waals surface area contributed by atoms with Gasteiger partial charge in [0.05, 0.1) is 0 Å². The van der Waals surface area contributed by atoms with Crippen molar-refractivity contribution in [2.24, 2.45) is 0 Å². The lowest BCUT2D eigenvalue weighted by Gasteiger charge is -2.10. The molecule has 0 saturated carbocycles. The van der Waals surface area contributed by atoms with E-state index < -0.39 is 5.91 Å². The summed E-state index contributed by atoms with van der Waals surface area (Å²) in [5.41, 5.74) is 3.71. The molecule has 29 heavy (non-hydrogen) atoms. The van der Waals surface area contributed by atoms with Crippen molar-refractivity contribution in [2.75, 3.05) is 11.9 Å². The Labute approximate surface area is 169 Å². The van der Waals surface area contributed by atoms with E-state index in [4.69, 9.17) is 0 Å². The van der Waals surface area contributed by atoms with E-state index >= 15 is 0 Å². The fourth-order valence-electron chi connectivity index (χ4n) is 2.86. The van der Waals surface area contributed by atoms with Crippen molar-refractivity contribution in [1.29, 1.82) is 0 Å². The van der Waals surface area contributed by atoms with Gasteiger partial charge < -0.3 is 10.6 Å². The quantitative estimate of drug-likeness (QED) is 0.666. The Hall–Kier alpha value is -3.54. The Bertz CT molecular complexity index is 1050. The molecule has 5 nitrogen and oxygen atoms in total. The zero-order valence-electron chi connectivity index (χ0n) is 16.3. The molecule has 3 rings (SSSR count). The predicted octanol–water partition coefficient (Wildman–Crippen LogP) is 4.06. The van der Waals surface area contributed by atoms with Crippen LogP contribution < -0.4 is 10.6 Å². The number of benzene rings is 2. The highest BCUT2D eigenvalue weighted by atomic mass is 19.1. The van der Waals surface area contributed by atoms with Gasteiger partial charge in [0.25, 0.3) is 11.8 Å². The van der Waals surface area contributed by atoms with E-state index in [1.165, 1.54) is 18.3 Å². The Balaban J connectivity index is 1.63. The Morgan fingerprint density at radius 1 is 1.00 bits per heavy atom. The van der Waals surface area contributed by atoms with Gasteiger partial charge in [0.15, 0.2) is 0 Å². The fraction of sp³-hybridized carbons (Fsp3) is 0.174. The Morgan fingerprint density at radius 3 is 2.59 bits per heavy atom. The number of aryl methyl sites for hydroxylation is 2. The zero-order chi connectivity index (χ0) is 20.8. The standard InChI is InChI=1S/C23H22FN3O2/c1-15-7-8-16(2)20(13-15)27-22(28)18-10-11-25-21(14-18)23(29)26-12-9-17-5-3-4-6-19(17)24/h3-8,10-11,13-14H,9,12H2,1-2H3,(H,26,29)(H,27,28). The number of nitrogens with one attached hydrogen (secondary N) is 2. The SMILES string of the molecule is Cc1ccc(C)c(NC(=O)c2ccnc(C(=O)NCCc3ccccc3F)c2)c1. The lowest BCUT2D eigenvalue weighted by Crippen LogP contribution is -2.27. The van der Waals surface area contributed by atoms with Crippen molar-refractivity contribution in [2.45, 2.75) is 20.3 Å². The molecule has 2 aromatic carbocycles. The van der Waals surface area contributed by atoms with E-state index in [0.717, 1.165) is 16.8 Å². The first-order valence-corrected chi connectivity index (χ1v) is 9.30. The molecule has 0 atom stereocenters. The van der Waals surface area contributed by atoms with Crippen LogP contribution in [0.4, 0.5) is 10.1 Å². The van der Waals surface area contributed by atoms with Gasteiger partial charge in [0.2, 0.25) is 0 Å². The van der Waals surface area contributed by atoms with Gasteiger partial charge in [-0.05, 0) is 61.2 Å². The molecule has 0 aliphatic heterocycles. The highest BCUT2D eigenvalue weighted by Gasteiger charge is 2.13.